The smallest absolute Gasteiger partial charge is 0.408 e. The third kappa shape index (κ3) is 8.28. The zero-order chi connectivity index (χ0) is 23.6. The Labute approximate surface area is 184 Å². The number of amides is 3. The predicted octanol–water partition coefficient (Wildman–Crippen LogP) is 3.22. The van der Waals surface area contributed by atoms with Crippen LogP contribution in [0.2, 0.25) is 0 Å². The van der Waals surface area contributed by atoms with Gasteiger partial charge in [-0.2, -0.15) is 5.26 Å². The van der Waals surface area contributed by atoms with E-state index in [1.54, 1.807) is 32.9 Å². The lowest BCUT2D eigenvalue weighted by Crippen LogP contribution is -2.52. The maximum Gasteiger partial charge on any atom is 0.408 e. The van der Waals surface area contributed by atoms with Crippen LogP contribution in [0.3, 0.4) is 0 Å². The molecule has 8 heteroatoms. The van der Waals surface area contributed by atoms with E-state index in [9.17, 15) is 19.6 Å². The van der Waals surface area contributed by atoms with E-state index in [1.165, 1.54) is 11.8 Å². The molecule has 0 saturated carbocycles. The minimum atomic E-state index is -0.993. The van der Waals surface area contributed by atoms with Crippen molar-refractivity contribution in [3.8, 4) is 6.07 Å². The lowest BCUT2D eigenvalue weighted by atomic mass is 9.98. The maximum atomic E-state index is 13.2. The van der Waals surface area contributed by atoms with Crippen molar-refractivity contribution in [3.63, 3.8) is 0 Å². The SMILES string of the molecule is CCCCNC(=O)C(c1ccccc1C)N(CC#N)C(=O)C(C)NC(=O)OC(C)(C)C. The van der Waals surface area contributed by atoms with Gasteiger partial charge in [0.25, 0.3) is 0 Å². The van der Waals surface area contributed by atoms with Crippen LogP contribution in [0.1, 0.15) is 64.6 Å². The van der Waals surface area contributed by atoms with Crippen molar-refractivity contribution < 1.29 is 19.1 Å². The first-order valence-electron chi connectivity index (χ1n) is 10.5. The number of nitrogens with one attached hydrogen (secondary N) is 2. The molecular weight excluding hydrogens is 396 g/mol. The molecule has 2 atom stereocenters. The van der Waals surface area contributed by atoms with Gasteiger partial charge in [-0.1, -0.05) is 37.6 Å². The Kier molecular flexibility index (Phi) is 10.00. The van der Waals surface area contributed by atoms with Crippen LogP contribution in [0, 0.1) is 18.3 Å². The minimum Gasteiger partial charge on any atom is -0.444 e. The van der Waals surface area contributed by atoms with Crippen molar-refractivity contribution in [2.75, 3.05) is 13.1 Å². The molecule has 1 aromatic rings. The number of ether oxygens (including phenoxy) is 1. The first-order chi connectivity index (χ1) is 14.5. The summed E-state index contributed by atoms with van der Waals surface area (Å²) in [5.41, 5.74) is 0.730. The van der Waals surface area contributed by atoms with E-state index in [0.717, 1.165) is 18.4 Å². The Morgan fingerprint density at radius 2 is 1.87 bits per heavy atom. The third-order valence-corrected chi connectivity index (χ3v) is 4.50. The van der Waals surface area contributed by atoms with Gasteiger partial charge in [0.1, 0.15) is 24.2 Å². The summed E-state index contributed by atoms with van der Waals surface area (Å²) in [5, 5.41) is 14.7. The number of nitriles is 1. The number of benzene rings is 1. The number of carbonyl (C=O) groups excluding carboxylic acids is 3. The number of unbranched alkanes of at least 4 members (excludes halogenated alkanes) is 1. The summed E-state index contributed by atoms with van der Waals surface area (Å²) in [6, 6.07) is 7.23. The molecule has 0 bridgehead atoms. The van der Waals surface area contributed by atoms with Crippen LogP contribution in [0.25, 0.3) is 0 Å². The summed E-state index contributed by atoms with van der Waals surface area (Å²) in [5.74, 6) is -0.915. The van der Waals surface area contributed by atoms with Crippen molar-refractivity contribution in [1.82, 2.24) is 15.5 Å². The van der Waals surface area contributed by atoms with E-state index in [-0.39, 0.29) is 12.5 Å². The van der Waals surface area contributed by atoms with Crippen molar-refractivity contribution in [3.05, 3.63) is 35.4 Å². The topological polar surface area (TPSA) is 112 Å². The molecule has 0 saturated heterocycles. The number of rotatable bonds is 9. The number of hydrogen-bond acceptors (Lipinski definition) is 5. The fourth-order valence-corrected chi connectivity index (χ4v) is 3.00. The Morgan fingerprint density at radius 1 is 1.23 bits per heavy atom. The highest BCUT2D eigenvalue weighted by Crippen LogP contribution is 2.25. The van der Waals surface area contributed by atoms with Crippen molar-refractivity contribution in [1.29, 1.82) is 5.26 Å². The van der Waals surface area contributed by atoms with Gasteiger partial charge >= 0.3 is 6.09 Å². The average molecular weight is 431 g/mol. The highest BCUT2D eigenvalue weighted by Gasteiger charge is 2.35. The first-order valence-corrected chi connectivity index (χ1v) is 10.5. The van der Waals surface area contributed by atoms with Gasteiger partial charge < -0.3 is 20.3 Å². The number of nitrogens with zero attached hydrogens (tertiary/aromatic N) is 2. The zero-order valence-electron chi connectivity index (χ0n) is 19.3. The Bertz CT molecular complexity index is 811. The molecule has 1 rings (SSSR count). The van der Waals surface area contributed by atoms with E-state index in [1.807, 2.05) is 32.0 Å². The lowest BCUT2D eigenvalue weighted by Gasteiger charge is -2.32. The van der Waals surface area contributed by atoms with E-state index in [2.05, 4.69) is 10.6 Å². The Balaban J connectivity index is 3.21. The average Bonchev–Trinajstić information content (AvgIpc) is 2.67. The zero-order valence-corrected chi connectivity index (χ0v) is 19.3. The molecule has 0 fully saturated rings. The normalized spacial score (nSPS) is 12.8. The van der Waals surface area contributed by atoms with E-state index in [4.69, 9.17) is 4.74 Å². The molecule has 170 valence electrons. The van der Waals surface area contributed by atoms with Gasteiger partial charge in [0.05, 0.1) is 6.07 Å². The molecule has 0 heterocycles. The molecule has 0 radical (unpaired) electrons. The number of carbonyl (C=O) groups is 3. The number of alkyl carbamates (subject to hydrolysis) is 1. The summed E-state index contributed by atoms with van der Waals surface area (Å²) >= 11 is 0. The van der Waals surface area contributed by atoms with E-state index >= 15 is 0 Å². The molecule has 0 spiro atoms. The molecule has 3 amide bonds. The van der Waals surface area contributed by atoms with E-state index in [0.29, 0.717) is 12.1 Å². The van der Waals surface area contributed by atoms with Crippen LogP contribution in [0.5, 0.6) is 0 Å². The van der Waals surface area contributed by atoms with Gasteiger partial charge in [0.2, 0.25) is 11.8 Å². The third-order valence-electron chi connectivity index (χ3n) is 4.50. The van der Waals surface area contributed by atoms with Crippen LogP contribution in [0.4, 0.5) is 4.79 Å². The predicted molar refractivity (Wildman–Crippen MR) is 118 cm³/mol. The van der Waals surface area contributed by atoms with Crippen LogP contribution >= 0.6 is 0 Å². The van der Waals surface area contributed by atoms with Crippen LogP contribution in [0.15, 0.2) is 24.3 Å². The maximum absolute atomic E-state index is 13.2. The van der Waals surface area contributed by atoms with Crippen LogP contribution < -0.4 is 10.6 Å². The standard InChI is InChI=1S/C23H34N4O4/c1-7-8-14-25-20(28)19(18-12-10-9-11-16(18)2)27(15-13-24)21(29)17(3)26-22(30)31-23(4,5)6/h9-12,17,19H,7-8,14-15H2,1-6H3,(H,25,28)(H,26,30). The van der Waals surface area contributed by atoms with Crippen molar-refractivity contribution >= 4 is 17.9 Å². The highest BCUT2D eigenvalue weighted by molar-refractivity contribution is 5.92. The second kappa shape index (κ2) is 11.9. The summed E-state index contributed by atoms with van der Waals surface area (Å²) in [4.78, 5) is 39.6. The fraction of sp³-hybridized carbons (Fsp3) is 0.565. The fourth-order valence-electron chi connectivity index (χ4n) is 3.00. The molecular formula is C23H34N4O4. The molecule has 0 aliphatic heterocycles. The second-order valence-electron chi connectivity index (χ2n) is 8.40. The molecule has 2 unspecified atom stereocenters. The van der Waals surface area contributed by atoms with Crippen LogP contribution in [-0.4, -0.2) is 47.5 Å². The van der Waals surface area contributed by atoms with Crippen LogP contribution in [-0.2, 0) is 14.3 Å². The van der Waals surface area contributed by atoms with Gasteiger partial charge in [-0.05, 0) is 52.2 Å². The van der Waals surface area contributed by atoms with Gasteiger partial charge in [0.15, 0.2) is 0 Å². The summed E-state index contributed by atoms with van der Waals surface area (Å²) in [6.45, 7) is 10.7. The molecule has 8 nitrogen and oxygen atoms in total. The van der Waals surface area contributed by atoms with Crippen molar-refractivity contribution in [2.24, 2.45) is 0 Å². The lowest BCUT2D eigenvalue weighted by molar-refractivity contribution is -0.141. The van der Waals surface area contributed by atoms with Gasteiger partial charge in [-0.3, -0.25) is 9.59 Å². The molecule has 0 aromatic heterocycles. The largest absolute Gasteiger partial charge is 0.444 e. The molecule has 2 N–H and O–H groups in total. The van der Waals surface area contributed by atoms with Gasteiger partial charge in [-0.15, -0.1) is 0 Å². The Morgan fingerprint density at radius 3 is 2.42 bits per heavy atom. The van der Waals surface area contributed by atoms with E-state index < -0.39 is 29.7 Å². The second-order valence-corrected chi connectivity index (χ2v) is 8.40. The first kappa shape index (κ1) is 26.0. The quantitative estimate of drug-likeness (QED) is 0.461. The molecule has 0 aliphatic rings. The van der Waals surface area contributed by atoms with Gasteiger partial charge in [0, 0.05) is 6.54 Å². The number of hydrogen-bond donors (Lipinski definition) is 2. The molecule has 31 heavy (non-hydrogen) atoms. The monoisotopic (exact) mass is 430 g/mol. The Hall–Kier alpha value is -3.08. The molecule has 1 aromatic carbocycles. The van der Waals surface area contributed by atoms with Crippen molar-refractivity contribution in [2.45, 2.75) is 72.1 Å². The highest BCUT2D eigenvalue weighted by atomic mass is 16.6. The summed E-state index contributed by atoms with van der Waals surface area (Å²) in [6.07, 6.45) is 0.965. The molecule has 0 aliphatic carbocycles. The summed E-state index contributed by atoms with van der Waals surface area (Å²) < 4.78 is 5.21. The summed E-state index contributed by atoms with van der Waals surface area (Å²) in [7, 11) is 0. The minimum absolute atomic E-state index is 0.306. The number of aryl methyl sites for hydroxylation is 1. The van der Waals surface area contributed by atoms with Gasteiger partial charge in [-0.25, -0.2) is 4.79 Å².